The number of allylic oxidation sites excluding steroid dienone is 3. The molecule has 0 unspecified atom stereocenters. The molecule has 34 heavy (non-hydrogen) atoms. The molecule has 6 nitrogen and oxygen atoms in total. The maximum absolute atomic E-state index is 13.4. The summed E-state index contributed by atoms with van der Waals surface area (Å²) in [4.78, 5) is 51.1. The Kier molecular flexibility index (Phi) is 4.80. The van der Waals surface area contributed by atoms with Crippen LogP contribution in [0.15, 0.2) is 35.5 Å². The van der Waals surface area contributed by atoms with Crippen molar-refractivity contribution in [2.45, 2.75) is 66.9 Å². The zero-order valence-electron chi connectivity index (χ0n) is 20.9. The molecule has 0 bridgehead atoms. The first kappa shape index (κ1) is 23.3. The van der Waals surface area contributed by atoms with Gasteiger partial charge in [0.15, 0.2) is 11.6 Å². The minimum absolute atomic E-state index is 0.00491. The Morgan fingerprint density at radius 3 is 2.41 bits per heavy atom. The zero-order chi connectivity index (χ0) is 24.8. The summed E-state index contributed by atoms with van der Waals surface area (Å²) in [7, 11) is 0. The lowest BCUT2D eigenvalue weighted by molar-refractivity contribution is -0.187. The molecule has 0 radical (unpaired) electrons. The molecule has 4 aliphatic carbocycles. The summed E-state index contributed by atoms with van der Waals surface area (Å²) in [6.07, 6.45) is 8.89. The van der Waals surface area contributed by atoms with Gasteiger partial charge in [-0.15, -0.1) is 0 Å². The second kappa shape index (κ2) is 7.02. The molecule has 0 aromatic rings. The first-order valence-electron chi connectivity index (χ1n) is 12.3. The Bertz CT molecular complexity index is 1110. The summed E-state index contributed by atoms with van der Waals surface area (Å²) in [5.74, 6) is -1.24. The fourth-order valence-electron chi connectivity index (χ4n) is 8.58. The van der Waals surface area contributed by atoms with E-state index in [1.54, 1.807) is 18.2 Å². The summed E-state index contributed by atoms with van der Waals surface area (Å²) >= 11 is 0. The lowest BCUT2D eigenvalue weighted by atomic mass is 9.38. The van der Waals surface area contributed by atoms with Crippen LogP contribution in [0.2, 0.25) is 0 Å². The Balaban J connectivity index is 1.67. The van der Waals surface area contributed by atoms with Crippen molar-refractivity contribution in [3.05, 3.63) is 35.5 Å². The van der Waals surface area contributed by atoms with E-state index in [1.165, 1.54) is 6.92 Å². The number of ether oxygens (including phenoxy) is 2. The van der Waals surface area contributed by atoms with Gasteiger partial charge in [0.05, 0.1) is 5.92 Å². The monoisotopic (exact) mass is 466 g/mol. The normalized spacial score (nSPS) is 44.5. The number of cyclic esters (lactones) is 1. The molecule has 0 N–H and O–H groups in total. The van der Waals surface area contributed by atoms with E-state index in [0.29, 0.717) is 12.0 Å². The van der Waals surface area contributed by atoms with Crippen molar-refractivity contribution in [3.8, 4) is 0 Å². The lowest BCUT2D eigenvalue weighted by Crippen LogP contribution is -2.64. The lowest BCUT2D eigenvalue weighted by Gasteiger charge is -2.66. The van der Waals surface area contributed by atoms with Crippen molar-refractivity contribution in [2.24, 2.45) is 39.4 Å². The van der Waals surface area contributed by atoms with Crippen molar-refractivity contribution < 1.29 is 28.7 Å². The number of fused-ring (bicyclic) bond motifs is 5. The molecule has 0 spiro atoms. The van der Waals surface area contributed by atoms with Crippen LogP contribution in [0.3, 0.4) is 0 Å². The van der Waals surface area contributed by atoms with Crippen LogP contribution in [0.1, 0.15) is 60.8 Å². The molecular formula is C28H34O6. The van der Waals surface area contributed by atoms with Gasteiger partial charge in [-0.3, -0.25) is 14.4 Å². The van der Waals surface area contributed by atoms with Gasteiger partial charge < -0.3 is 9.47 Å². The van der Waals surface area contributed by atoms with E-state index < -0.39 is 34.2 Å². The van der Waals surface area contributed by atoms with Crippen LogP contribution in [0, 0.1) is 39.4 Å². The molecule has 0 aromatic heterocycles. The number of hydrogen-bond donors (Lipinski definition) is 0. The van der Waals surface area contributed by atoms with E-state index in [1.807, 2.05) is 13.8 Å². The van der Waals surface area contributed by atoms with Crippen LogP contribution in [0.5, 0.6) is 0 Å². The molecule has 2 saturated carbocycles. The van der Waals surface area contributed by atoms with E-state index in [0.717, 1.165) is 18.4 Å². The standard InChI is InChI=1S/C28H34O6/c1-15(29)34-22-14-19-25(2,3)21(31)8-11-26(19,4)18-7-10-27(5)20(28(18,22)6)13-17(30)23(27)16-9-12-33-24(16)32/h8-9,11,13,18-19,22-23H,7,10,12,14H2,1-6H3/t18-,19+,22-,23-,26-,27-,28-/m1/s1. The highest BCUT2D eigenvalue weighted by molar-refractivity contribution is 6.06. The zero-order valence-corrected chi connectivity index (χ0v) is 20.9. The number of carbonyl (C=O) groups excluding carboxylic acids is 4. The largest absolute Gasteiger partial charge is 0.462 e. The molecule has 5 rings (SSSR count). The number of hydrogen-bond acceptors (Lipinski definition) is 6. The molecular weight excluding hydrogens is 432 g/mol. The molecule has 1 aliphatic heterocycles. The van der Waals surface area contributed by atoms with Crippen molar-refractivity contribution in [2.75, 3.05) is 6.61 Å². The van der Waals surface area contributed by atoms with Crippen LogP contribution in [0.4, 0.5) is 0 Å². The van der Waals surface area contributed by atoms with Crippen molar-refractivity contribution in [1.82, 2.24) is 0 Å². The summed E-state index contributed by atoms with van der Waals surface area (Å²) in [6, 6.07) is 0. The van der Waals surface area contributed by atoms with E-state index in [4.69, 9.17) is 9.47 Å². The summed E-state index contributed by atoms with van der Waals surface area (Å²) in [5.41, 5.74) is -0.598. The maximum Gasteiger partial charge on any atom is 0.334 e. The SMILES string of the molecule is CC(=O)O[C@@H]1C[C@H]2C(C)(C)C(=O)C=C[C@]2(C)[C@H]2CC[C@]3(C)C(=CC(=O)[C@H]3C3=CCOC3=O)[C@@]21C. The predicted octanol–water partition coefficient (Wildman–Crippen LogP) is 4.14. The van der Waals surface area contributed by atoms with Crippen LogP contribution in [0.25, 0.3) is 0 Å². The number of ketones is 2. The minimum Gasteiger partial charge on any atom is -0.462 e. The Morgan fingerprint density at radius 2 is 1.79 bits per heavy atom. The smallest absolute Gasteiger partial charge is 0.334 e. The molecule has 182 valence electrons. The molecule has 5 aliphatic rings. The topological polar surface area (TPSA) is 86.7 Å². The molecule has 2 fully saturated rings. The first-order chi connectivity index (χ1) is 15.8. The average Bonchev–Trinajstić information content (AvgIpc) is 3.26. The van der Waals surface area contributed by atoms with Crippen molar-refractivity contribution in [3.63, 3.8) is 0 Å². The fraction of sp³-hybridized carbons (Fsp3) is 0.643. The van der Waals surface area contributed by atoms with Gasteiger partial charge in [-0.2, -0.15) is 0 Å². The van der Waals surface area contributed by atoms with E-state index in [-0.39, 0.29) is 41.4 Å². The maximum atomic E-state index is 13.4. The summed E-state index contributed by atoms with van der Waals surface area (Å²) in [5, 5.41) is 0. The highest BCUT2D eigenvalue weighted by atomic mass is 16.5. The van der Waals surface area contributed by atoms with Gasteiger partial charge in [0.25, 0.3) is 0 Å². The van der Waals surface area contributed by atoms with Gasteiger partial charge in [-0.25, -0.2) is 4.79 Å². The van der Waals surface area contributed by atoms with Gasteiger partial charge >= 0.3 is 11.9 Å². The quantitative estimate of drug-likeness (QED) is 0.569. The third kappa shape index (κ3) is 2.74. The van der Waals surface area contributed by atoms with E-state index >= 15 is 0 Å². The molecule has 6 heteroatoms. The second-order valence-corrected chi connectivity index (χ2v) is 12.1. The third-order valence-corrected chi connectivity index (χ3v) is 10.2. The first-order valence-corrected chi connectivity index (χ1v) is 12.3. The predicted molar refractivity (Wildman–Crippen MR) is 124 cm³/mol. The van der Waals surface area contributed by atoms with Gasteiger partial charge in [0, 0.05) is 28.7 Å². The van der Waals surface area contributed by atoms with Crippen LogP contribution < -0.4 is 0 Å². The summed E-state index contributed by atoms with van der Waals surface area (Å²) in [6.45, 7) is 12.0. The highest BCUT2D eigenvalue weighted by Crippen LogP contribution is 2.72. The molecule has 7 atom stereocenters. The Labute approximate surface area is 200 Å². The molecule has 0 amide bonds. The van der Waals surface area contributed by atoms with Gasteiger partial charge in [0.1, 0.15) is 12.7 Å². The van der Waals surface area contributed by atoms with Gasteiger partial charge in [-0.1, -0.05) is 40.7 Å². The fourth-order valence-corrected chi connectivity index (χ4v) is 8.58. The number of esters is 2. The number of rotatable bonds is 2. The second-order valence-electron chi connectivity index (χ2n) is 12.1. The van der Waals surface area contributed by atoms with Crippen LogP contribution >= 0.6 is 0 Å². The van der Waals surface area contributed by atoms with Crippen molar-refractivity contribution in [1.29, 1.82) is 0 Å². The minimum atomic E-state index is -0.599. The highest BCUT2D eigenvalue weighted by Gasteiger charge is 2.69. The Hall–Kier alpha value is -2.50. The Morgan fingerprint density at radius 1 is 1.09 bits per heavy atom. The molecule has 0 saturated heterocycles. The third-order valence-electron chi connectivity index (χ3n) is 10.2. The molecule has 1 heterocycles. The van der Waals surface area contributed by atoms with Crippen LogP contribution in [-0.2, 0) is 28.7 Å². The summed E-state index contributed by atoms with van der Waals surface area (Å²) < 4.78 is 11.2. The average molecular weight is 467 g/mol. The van der Waals surface area contributed by atoms with Crippen molar-refractivity contribution >= 4 is 23.5 Å². The van der Waals surface area contributed by atoms with Gasteiger partial charge in [-0.05, 0) is 60.3 Å². The van der Waals surface area contributed by atoms with E-state index in [9.17, 15) is 19.2 Å². The molecule has 0 aromatic carbocycles. The van der Waals surface area contributed by atoms with E-state index in [2.05, 4.69) is 26.8 Å². The number of carbonyl (C=O) groups is 4. The van der Waals surface area contributed by atoms with Gasteiger partial charge in [0.2, 0.25) is 0 Å². The van der Waals surface area contributed by atoms with Crippen LogP contribution in [-0.4, -0.2) is 36.2 Å².